The van der Waals surface area contributed by atoms with Gasteiger partial charge in [-0.1, -0.05) is 24.3 Å². The SMILES string of the molecule is CCn1cc(C(F)(F)F)nc1-c1ccc([C@H](C)Oc2nc(-c3c(OC)ncnc3C3CC3)ncc2OC)cc1. The molecule has 3 heterocycles. The third-order valence-corrected chi connectivity index (χ3v) is 6.50. The minimum atomic E-state index is -4.51. The highest BCUT2D eigenvalue weighted by molar-refractivity contribution is 5.66. The largest absolute Gasteiger partial charge is 0.490 e. The van der Waals surface area contributed by atoms with Crippen LogP contribution < -0.4 is 14.2 Å². The number of hydrogen-bond acceptors (Lipinski definition) is 8. The third-order valence-electron chi connectivity index (χ3n) is 6.50. The van der Waals surface area contributed by atoms with Gasteiger partial charge in [-0.3, -0.25) is 0 Å². The molecule has 3 aromatic heterocycles. The van der Waals surface area contributed by atoms with Crippen molar-refractivity contribution < 1.29 is 27.4 Å². The van der Waals surface area contributed by atoms with E-state index in [4.69, 9.17) is 14.2 Å². The first-order valence-electron chi connectivity index (χ1n) is 12.4. The zero-order valence-corrected chi connectivity index (χ0v) is 21.9. The molecule has 1 atom stereocenters. The Labute approximate surface area is 223 Å². The highest BCUT2D eigenvalue weighted by atomic mass is 19.4. The van der Waals surface area contributed by atoms with E-state index in [9.17, 15) is 13.2 Å². The summed E-state index contributed by atoms with van der Waals surface area (Å²) in [5.74, 6) is 1.86. The maximum Gasteiger partial charge on any atom is 0.434 e. The highest BCUT2D eigenvalue weighted by Crippen LogP contribution is 2.45. The van der Waals surface area contributed by atoms with Gasteiger partial charge in [0.15, 0.2) is 17.3 Å². The summed E-state index contributed by atoms with van der Waals surface area (Å²) >= 11 is 0. The lowest BCUT2D eigenvalue weighted by atomic mass is 10.1. The van der Waals surface area contributed by atoms with E-state index in [-0.39, 0.29) is 11.7 Å². The Morgan fingerprint density at radius 3 is 2.36 bits per heavy atom. The zero-order valence-electron chi connectivity index (χ0n) is 21.9. The third kappa shape index (κ3) is 5.36. The number of rotatable bonds is 9. The molecule has 0 radical (unpaired) electrons. The molecule has 0 aliphatic heterocycles. The van der Waals surface area contributed by atoms with E-state index < -0.39 is 18.0 Å². The van der Waals surface area contributed by atoms with Gasteiger partial charge in [0, 0.05) is 24.2 Å². The van der Waals surface area contributed by atoms with Gasteiger partial charge in [0.2, 0.25) is 5.88 Å². The standard InChI is InChI=1S/C27H27F3N6O3/c1-5-36-13-20(27(28,29)30)34-24(36)18-10-6-16(7-11-18)15(2)39-25-19(37-3)12-31-23(35-25)21-22(17-8-9-17)32-14-33-26(21)38-4/h6-7,10-15,17H,5,8-9H2,1-4H3/t15-/m0/s1. The number of imidazole rings is 1. The van der Waals surface area contributed by atoms with Crippen molar-refractivity contribution in [1.82, 2.24) is 29.5 Å². The van der Waals surface area contributed by atoms with Gasteiger partial charge in [0.1, 0.15) is 23.8 Å². The van der Waals surface area contributed by atoms with Gasteiger partial charge in [-0.2, -0.15) is 18.2 Å². The predicted molar refractivity (Wildman–Crippen MR) is 136 cm³/mol. The molecule has 12 heteroatoms. The minimum absolute atomic E-state index is 0.225. The second kappa shape index (κ2) is 10.5. The molecule has 0 saturated heterocycles. The molecule has 0 bridgehead atoms. The number of alkyl halides is 3. The van der Waals surface area contributed by atoms with Crippen LogP contribution in [0.5, 0.6) is 17.5 Å². The first-order chi connectivity index (χ1) is 18.7. The van der Waals surface area contributed by atoms with Crippen molar-refractivity contribution in [2.45, 2.75) is 51.4 Å². The lowest BCUT2D eigenvalue weighted by molar-refractivity contribution is -0.140. The van der Waals surface area contributed by atoms with E-state index in [0.29, 0.717) is 41.0 Å². The quantitative estimate of drug-likeness (QED) is 0.260. The van der Waals surface area contributed by atoms with Crippen LogP contribution in [0, 0.1) is 0 Å². The van der Waals surface area contributed by atoms with E-state index in [1.807, 2.05) is 6.92 Å². The smallest absolute Gasteiger partial charge is 0.434 e. The Bertz CT molecular complexity index is 1470. The molecule has 39 heavy (non-hydrogen) atoms. The Hall–Kier alpha value is -4.22. The monoisotopic (exact) mass is 540 g/mol. The highest BCUT2D eigenvalue weighted by Gasteiger charge is 2.35. The number of aromatic nitrogens is 6. The molecule has 1 aliphatic carbocycles. The van der Waals surface area contributed by atoms with Crippen LogP contribution in [-0.2, 0) is 12.7 Å². The van der Waals surface area contributed by atoms with Crippen LogP contribution in [0.15, 0.2) is 43.0 Å². The summed E-state index contributed by atoms with van der Waals surface area (Å²) in [5, 5.41) is 0. The van der Waals surface area contributed by atoms with Gasteiger partial charge >= 0.3 is 6.18 Å². The zero-order chi connectivity index (χ0) is 27.7. The summed E-state index contributed by atoms with van der Waals surface area (Å²) < 4.78 is 58.1. The lowest BCUT2D eigenvalue weighted by Crippen LogP contribution is -2.08. The number of methoxy groups -OCH3 is 2. The topological polar surface area (TPSA) is 97.1 Å². The van der Waals surface area contributed by atoms with Crippen molar-refractivity contribution in [3.8, 4) is 40.3 Å². The molecule has 0 N–H and O–H groups in total. The molecule has 1 saturated carbocycles. The van der Waals surface area contributed by atoms with Crippen molar-refractivity contribution in [3.05, 3.63) is 59.9 Å². The number of ether oxygens (including phenoxy) is 3. The van der Waals surface area contributed by atoms with Gasteiger partial charge in [0.25, 0.3) is 5.88 Å². The van der Waals surface area contributed by atoms with E-state index in [2.05, 4.69) is 24.9 Å². The fourth-order valence-electron chi connectivity index (χ4n) is 4.28. The first-order valence-corrected chi connectivity index (χ1v) is 12.4. The van der Waals surface area contributed by atoms with Crippen molar-refractivity contribution in [2.75, 3.05) is 14.2 Å². The van der Waals surface area contributed by atoms with Crippen molar-refractivity contribution in [2.24, 2.45) is 0 Å². The molecule has 1 aliphatic rings. The van der Waals surface area contributed by atoms with E-state index >= 15 is 0 Å². The van der Waals surface area contributed by atoms with Gasteiger partial charge in [-0.05, 0) is 32.3 Å². The van der Waals surface area contributed by atoms with Gasteiger partial charge in [0.05, 0.1) is 26.1 Å². The van der Waals surface area contributed by atoms with Crippen LogP contribution in [-0.4, -0.2) is 43.7 Å². The second-order valence-electron chi connectivity index (χ2n) is 9.10. The van der Waals surface area contributed by atoms with Crippen LogP contribution in [0.2, 0.25) is 0 Å². The van der Waals surface area contributed by atoms with Gasteiger partial charge in [-0.15, -0.1) is 0 Å². The maximum atomic E-state index is 13.2. The normalized spacial score (nSPS) is 14.2. The van der Waals surface area contributed by atoms with E-state index in [1.54, 1.807) is 31.2 Å². The van der Waals surface area contributed by atoms with Gasteiger partial charge < -0.3 is 18.8 Å². The lowest BCUT2D eigenvalue weighted by Gasteiger charge is -2.18. The fourth-order valence-corrected chi connectivity index (χ4v) is 4.28. The average Bonchev–Trinajstić information content (AvgIpc) is 3.69. The minimum Gasteiger partial charge on any atom is -0.490 e. The number of nitrogens with zero attached hydrogens (tertiary/aromatic N) is 6. The van der Waals surface area contributed by atoms with Crippen molar-refractivity contribution >= 4 is 0 Å². The van der Waals surface area contributed by atoms with Crippen LogP contribution in [0.1, 0.15) is 55.7 Å². The summed E-state index contributed by atoms with van der Waals surface area (Å²) in [6, 6.07) is 7.02. The fraction of sp³-hybridized carbons (Fsp3) is 0.370. The Balaban J connectivity index is 1.42. The predicted octanol–water partition coefficient (Wildman–Crippen LogP) is 5.87. The molecule has 4 aromatic rings. The van der Waals surface area contributed by atoms with Crippen LogP contribution in [0.4, 0.5) is 13.2 Å². The van der Waals surface area contributed by atoms with Gasteiger partial charge in [-0.25, -0.2) is 19.9 Å². The summed E-state index contributed by atoms with van der Waals surface area (Å²) in [6.07, 6.45) is 1.09. The summed E-state index contributed by atoms with van der Waals surface area (Å²) in [6.45, 7) is 3.96. The van der Waals surface area contributed by atoms with Crippen molar-refractivity contribution in [1.29, 1.82) is 0 Å². The van der Waals surface area contributed by atoms with Crippen LogP contribution >= 0.6 is 0 Å². The Morgan fingerprint density at radius 1 is 1.00 bits per heavy atom. The molecule has 0 unspecified atom stereocenters. The van der Waals surface area contributed by atoms with Crippen molar-refractivity contribution in [3.63, 3.8) is 0 Å². The summed E-state index contributed by atoms with van der Waals surface area (Å²) in [5.41, 5.74) is 1.88. The average molecular weight is 541 g/mol. The molecule has 9 nitrogen and oxygen atoms in total. The maximum absolute atomic E-state index is 13.2. The number of hydrogen-bond donors (Lipinski definition) is 0. The molecular weight excluding hydrogens is 513 g/mol. The van der Waals surface area contributed by atoms with Crippen LogP contribution in [0.3, 0.4) is 0 Å². The first kappa shape index (κ1) is 26.4. The number of benzene rings is 1. The molecule has 1 aromatic carbocycles. The van der Waals surface area contributed by atoms with E-state index in [0.717, 1.165) is 30.3 Å². The molecular formula is C27H27F3N6O3. The van der Waals surface area contributed by atoms with Crippen LogP contribution in [0.25, 0.3) is 22.8 Å². The second-order valence-corrected chi connectivity index (χ2v) is 9.10. The Kier molecular flexibility index (Phi) is 7.11. The van der Waals surface area contributed by atoms with E-state index in [1.165, 1.54) is 31.3 Å². The number of aryl methyl sites for hydroxylation is 1. The summed E-state index contributed by atoms with van der Waals surface area (Å²) in [7, 11) is 3.03. The number of halogens is 3. The molecule has 5 rings (SSSR count). The molecule has 1 fully saturated rings. The summed E-state index contributed by atoms with van der Waals surface area (Å²) in [4.78, 5) is 21.6. The molecule has 204 valence electrons. The Morgan fingerprint density at radius 2 is 1.74 bits per heavy atom. The molecule has 0 amide bonds. The molecule has 0 spiro atoms.